The Hall–Kier alpha value is -2.44. The molecule has 3 N–H and O–H groups in total. The quantitative estimate of drug-likeness (QED) is 0.730. The summed E-state index contributed by atoms with van der Waals surface area (Å²) in [5, 5.41) is 5.95. The van der Waals surface area contributed by atoms with Crippen molar-refractivity contribution < 1.29 is 9.32 Å². The van der Waals surface area contributed by atoms with Crippen molar-refractivity contribution in [3.05, 3.63) is 30.5 Å². The van der Waals surface area contributed by atoms with E-state index in [0.717, 1.165) is 0 Å². The van der Waals surface area contributed by atoms with Crippen molar-refractivity contribution in [3.63, 3.8) is 0 Å². The van der Waals surface area contributed by atoms with E-state index >= 15 is 0 Å². The first-order valence-electron chi connectivity index (χ1n) is 4.04. The van der Waals surface area contributed by atoms with Gasteiger partial charge in [-0.05, 0) is 0 Å². The highest BCUT2D eigenvalue weighted by Gasteiger charge is 2.09. The molecule has 0 fully saturated rings. The Morgan fingerprint density at radius 2 is 2.27 bits per heavy atom. The summed E-state index contributed by atoms with van der Waals surface area (Å²) in [6, 6.07) is 0. The molecule has 2 aromatic rings. The van der Waals surface area contributed by atoms with Crippen LogP contribution in [-0.2, 0) is 0 Å². The number of rotatable bonds is 2. The molecular weight excluding hydrogens is 198 g/mol. The molecule has 7 heteroatoms. The first-order valence-corrected chi connectivity index (χ1v) is 4.04. The van der Waals surface area contributed by atoms with Crippen molar-refractivity contribution in [2.45, 2.75) is 0 Å². The number of nitrogen functional groups attached to an aromatic ring is 1. The summed E-state index contributed by atoms with van der Waals surface area (Å²) in [7, 11) is 0. The summed E-state index contributed by atoms with van der Waals surface area (Å²) >= 11 is 0. The number of carbonyl (C=O) groups excluding carboxylic acids is 1. The zero-order valence-electron chi connectivity index (χ0n) is 7.54. The molecule has 0 unspecified atom stereocenters. The number of aromatic nitrogens is 3. The van der Waals surface area contributed by atoms with Crippen LogP contribution < -0.4 is 11.1 Å². The summed E-state index contributed by atoms with van der Waals surface area (Å²) in [6.45, 7) is 0. The Kier molecular flexibility index (Phi) is 2.28. The molecule has 0 saturated heterocycles. The molecule has 0 aromatic carbocycles. The smallest absolute Gasteiger partial charge is 0.276 e. The normalized spacial score (nSPS) is 9.87. The molecular formula is C8H7N5O2. The summed E-state index contributed by atoms with van der Waals surface area (Å²) < 4.78 is 4.55. The van der Waals surface area contributed by atoms with E-state index in [1.54, 1.807) is 0 Å². The minimum absolute atomic E-state index is 0.135. The number of nitrogens with one attached hydrogen (secondary N) is 1. The third-order valence-electron chi connectivity index (χ3n) is 1.58. The fourth-order valence-corrected chi connectivity index (χ4v) is 0.952. The van der Waals surface area contributed by atoms with E-state index in [9.17, 15) is 4.79 Å². The van der Waals surface area contributed by atoms with Gasteiger partial charge in [0.1, 0.15) is 23.5 Å². The van der Waals surface area contributed by atoms with Gasteiger partial charge in [0.15, 0.2) is 0 Å². The molecule has 0 saturated carbocycles. The number of nitrogens with two attached hydrogens (primary N) is 1. The second-order valence-electron chi connectivity index (χ2n) is 2.70. The number of amides is 1. The van der Waals surface area contributed by atoms with Crippen LogP contribution in [0, 0.1) is 0 Å². The van der Waals surface area contributed by atoms with E-state index in [1.807, 2.05) is 0 Å². The maximum atomic E-state index is 11.5. The van der Waals surface area contributed by atoms with Gasteiger partial charge in [0, 0.05) is 0 Å². The van der Waals surface area contributed by atoms with Gasteiger partial charge in [-0.15, -0.1) is 0 Å². The van der Waals surface area contributed by atoms with Crippen LogP contribution in [0.1, 0.15) is 10.5 Å². The number of hydrogen-bond donors (Lipinski definition) is 2. The highest BCUT2D eigenvalue weighted by atomic mass is 16.5. The Labute approximate surface area is 84.3 Å². The van der Waals surface area contributed by atoms with Gasteiger partial charge in [0.05, 0.1) is 18.6 Å². The molecule has 7 nitrogen and oxygen atoms in total. The second-order valence-corrected chi connectivity index (χ2v) is 2.70. The van der Waals surface area contributed by atoms with E-state index in [-0.39, 0.29) is 11.5 Å². The molecule has 2 heterocycles. The van der Waals surface area contributed by atoms with Crippen molar-refractivity contribution in [1.82, 2.24) is 15.1 Å². The fourth-order valence-electron chi connectivity index (χ4n) is 0.952. The summed E-state index contributed by atoms with van der Waals surface area (Å²) in [4.78, 5) is 19.1. The van der Waals surface area contributed by atoms with Crippen LogP contribution in [0.25, 0.3) is 0 Å². The molecule has 0 atom stereocenters. The lowest BCUT2D eigenvalue weighted by atomic mass is 10.4. The van der Waals surface area contributed by atoms with Gasteiger partial charge < -0.3 is 15.6 Å². The minimum Gasteiger partial charge on any atom is -0.382 e. The van der Waals surface area contributed by atoms with Gasteiger partial charge in [-0.2, -0.15) is 0 Å². The number of anilines is 2. The van der Waals surface area contributed by atoms with Crippen molar-refractivity contribution in [1.29, 1.82) is 0 Å². The van der Waals surface area contributed by atoms with Crippen LogP contribution in [0.15, 0.2) is 29.4 Å². The second kappa shape index (κ2) is 3.74. The third-order valence-corrected chi connectivity index (χ3v) is 1.58. The molecule has 2 rings (SSSR count). The van der Waals surface area contributed by atoms with Gasteiger partial charge in [0.25, 0.3) is 5.91 Å². The molecule has 0 spiro atoms. The summed E-state index contributed by atoms with van der Waals surface area (Å²) in [6.07, 6.45) is 5.35. The molecule has 0 radical (unpaired) electrons. The van der Waals surface area contributed by atoms with Crippen LogP contribution in [0.3, 0.4) is 0 Å². The van der Waals surface area contributed by atoms with Gasteiger partial charge in [-0.1, -0.05) is 5.16 Å². The standard InChI is InChI=1S/C8H7N5O2/c9-7-3-10-2-6(13-7)8(14)12-5-1-11-15-4-5/h1-4H,(H2,9,13)(H,12,14). The van der Waals surface area contributed by atoms with Crippen molar-refractivity contribution in [2.75, 3.05) is 11.1 Å². The molecule has 0 aliphatic carbocycles. The number of carbonyl (C=O) groups is 1. The average Bonchev–Trinajstić information content (AvgIpc) is 2.70. The third kappa shape index (κ3) is 2.08. The van der Waals surface area contributed by atoms with Gasteiger partial charge in [-0.25, -0.2) is 4.98 Å². The first-order chi connectivity index (χ1) is 7.25. The maximum Gasteiger partial charge on any atom is 0.276 e. The monoisotopic (exact) mass is 205 g/mol. The lowest BCUT2D eigenvalue weighted by molar-refractivity contribution is 0.102. The van der Waals surface area contributed by atoms with Gasteiger partial charge >= 0.3 is 0 Å². The van der Waals surface area contributed by atoms with E-state index in [1.165, 1.54) is 24.9 Å². The number of nitrogens with zero attached hydrogens (tertiary/aromatic N) is 3. The zero-order chi connectivity index (χ0) is 10.7. The van der Waals surface area contributed by atoms with Crippen molar-refractivity contribution in [3.8, 4) is 0 Å². The largest absolute Gasteiger partial charge is 0.382 e. The maximum absolute atomic E-state index is 11.5. The van der Waals surface area contributed by atoms with Gasteiger partial charge in [-0.3, -0.25) is 9.78 Å². The molecule has 76 valence electrons. The van der Waals surface area contributed by atoms with E-state index in [4.69, 9.17) is 5.73 Å². The summed E-state index contributed by atoms with van der Waals surface area (Å²) in [5.41, 5.74) is 5.97. The molecule has 2 aromatic heterocycles. The van der Waals surface area contributed by atoms with Crippen LogP contribution in [0.2, 0.25) is 0 Å². The van der Waals surface area contributed by atoms with Crippen LogP contribution >= 0.6 is 0 Å². The lowest BCUT2D eigenvalue weighted by Gasteiger charge is -2.00. The van der Waals surface area contributed by atoms with Crippen molar-refractivity contribution in [2.24, 2.45) is 0 Å². The minimum atomic E-state index is -0.419. The molecule has 1 amide bonds. The average molecular weight is 205 g/mol. The Balaban J connectivity index is 2.15. The molecule has 0 aliphatic heterocycles. The number of hydrogen-bond acceptors (Lipinski definition) is 6. The Morgan fingerprint density at radius 1 is 1.40 bits per heavy atom. The zero-order valence-corrected chi connectivity index (χ0v) is 7.54. The topological polar surface area (TPSA) is 107 Å². The van der Waals surface area contributed by atoms with Crippen LogP contribution in [0.5, 0.6) is 0 Å². The Bertz CT molecular complexity index is 468. The van der Waals surface area contributed by atoms with E-state index < -0.39 is 5.91 Å². The summed E-state index contributed by atoms with van der Waals surface area (Å²) in [5.74, 6) is -0.231. The highest BCUT2D eigenvalue weighted by Crippen LogP contribution is 2.06. The van der Waals surface area contributed by atoms with E-state index in [2.05, 4.69) is 25.0 Å². The highest BCUT2D eigenvalue weighted by molar-refractivity contribution is 6.02. The van der Waals surface area contributed by atoms with Crippen LogP contribution in [0.4, 0.5) is 11.5 Å². The SMILES string of the molecule is Nc1cncc(C(=O)Nc2cnoc2)n1. The fraction of sp³-hybridized carbons (Fsp3) is 0. The van der Waals surface area contributed by atoms with Crippen molar-refractivity contribution >= 4 is 17.4 Å². The predicted molar refractivity (Wildman–Crippen MR) is 50.9 cm³/mol. The Morgan fingerprint density at radius 3 is 2.93 bits per heavy atom. The predicted octanol–water partition coefficient (Wildman–Crippen LogP) is 0.299. The van der Waals surface area contributed by atoms with Gasteiger partial charge in [0.2, 0.25) is 0 Å². The lowest BCUT2D eigenvalue weighted by Crippen LogP contribution is -2.14. The van der Waals surface area contributed by atoms with E-state index in [0.29, 0.717) is 5.69 Å². The molecule has 0 aliphatic rings. The first kappa shape index (κ1) is 9.13. The molecule has 0 bridgehead atoms. The van der Waals surface area contributed by atoms with Crippen LogP contribution in [-0.4, -0.2) is 21.0 Å². The molecule has 15 heavy (non-hydrogen) atoms.